The van der Waals surface area contributed by atoms with Crippen molar-refractivity contribution in [2.75, 3.05) is 13.7 Å². The van der Waals surface area contributed by atoms with Gasteiger partial charge in [0.2, 0.25) is 5.91 Å². The number of carbonyl (C=O) groups is 1. The zero-order valence-corrected chi connectivity index (χ0v) is 16.5. The van der Waals surface area contributed by atoms with Crippen LogP contribution in [0.2, 0.25) is 0 Å². The quantitative estimate of drug-likeness (QED) is 0.667. The van der Waals surface area contributed by atoms with Crippen LogP contribution >= 0.6 is 0 Å². The monoisotopic (exact) mass is 389 g/mol. The van der Waals surface area contributed by atoms with Gasteiger partial charge in [0.05, 0.1) is 19.6 Å². The first-order chi connectivity index (χ1) is 14.2. The highest BCUT2D eigenvalue weighted by Crippen LogP contribution is 2.43. The van der Waals surface area contributed by atoms with Gasteiger partial charge in [-0.3, -0.25) is 4.79 Å². The molecule has 1 amide bonds. The Hall–Kier alpha value is -3.47. The van der Waals surface area contributed by atoms with Gasteiger partial charge in [-0.2, -0.15) is 0 Å². The van der Waals surface area contributed by atoms with Crippen molar-refractivity contribution in [3.63, 3.8) is 0 Å². The maximum absolute atomic E-state index is 13.2. The second kappa shape index (κ2) is 8.27. The van der Waals surface area contributed by atoms with E-state index >= 15 is 0 Å². The summed E-state index contributed by atoms with van der Waals surface area (Å²) in [6.45, 7) is 2.88. The van der Waals surface area contributed by atoms with Crippen LogP contribution in [0.3, 0.4) is 0 Å². The summed E-state index contributed by atoms with van der Waals surface area (Å²) in [6.07, 6.45) is 0. The Morgan fingerprint density at radius 1 is 0.966 bits per heavy atom. The summed E-state index contributed by atoms with van der Waals surface area (Å²) in [6, 6.07) is 21.0. The van der Waals surface area contributed by atoms with E-state index in [0.29, 0.717) is 36.1 Å². The summed E-state index contributed by atoms with van der Waals surface area (Å²) in [5, 5.41) is 3.06. The van der Waals surface area contributed by atoms with Gasteiger partial charge in [-0.1, -0.05) is 42.5 Å². The summed E-state index contributed by atoms with van der Waals surface area (Å²) < 4.78 is 16.9. The predicted octanol–water partition coefficient (Wildman–Crippen LogP) is 4.65. The first kappa shape index (κ1) is 18.9. The lowest BCUT2D eigenvalue weighted by Gasteiger charge is -2.27. The van der Waals surface area contributed by atoms with Gasteiger partial charge in [-0.15, -0.1) is 0 Å². The van der Waals surface area contributed by atoms with Crippen LogP contribution < -0.4 is 19.5 Å². The van der Waals surface area contributed by atoms with Crippen molar-refractivity contribution >= 4 is 5.91 Å². The Bertz CT molecular complexity index is 985. The molecule has 3 aromatic carbocycles. The number of amides is 1. The molecule has 29 heavy (non-hydrogen) atoms. The van der Waals surface area contributed by atoms with E-state index in [0.717, 1.165) is 16.7 Å². The number of methoxy groups -OCH3 is 1. The van der Waals surface area contributed by atoms with E-state index in [1.165, 1.54) is 0 Å². The lowest BCUT2D eigenvalue weighted by atomic mass is 9.87. The van der Waals surface area contributed by atoms with E-state index in [-0.39, 0.29) is 5.91 Å². The molecular weight excluding hydrogens is 366 g/mol. The largest absolute Gasteiger partial charge is 0.493 e. The van der Waals surface area contributed by atoms with E-state index in [1.807, 2.05) is 73.7 Å². The van der Waals surface area contributed by atoms with Gasteiger partial charge in [0, 0.05) is 17.7 Å². The number of fused-ring (bicyclic) bond motifs is 2. The van der Waals surface area contributed by atoms with Crippen LogP contribution in [0.5, 0.6) is 23.0 Å². The van der Waals surface area contributed by atoms with E-state index in [4.69, 9.17) is 14.2 Å². The number of nitrogens with one attached hydrogen (secondary N) is 1. The predicted molar refractivity (Wildman–Crippen MR) is 111 cm³/mol. The van der Waals surface area contributed by atoms with Crippen LogP contribution in [0, 0.1) is 0 Å². The SMILES string of the molecule is CCOc1ccc(CNC(=O)C2c3ccccc3Oc3ccccc32)cc1OC. The lowest BCUT2D eigenvalue weighted by Crippen LogP contribution is -2.31. The minimum atomic E-state index is -0.416. The maximum Gasteiger partial charge on any atom is 0.232 e. The molecule has 0 saturated carbocycles. The molecule has 5 heteroatoms. The van der Waals surface area contributed by atoms with Crippen LogP contribution in [0.4, 0.5) is 0 Å². The molecule has 0 aromatic heterocycles. The fourth-order valence-electron chi connectivity index (χ4n) is 3.58. The van der Waals surface area contributed by atoms with Crippen LogP contribution in [0.25, 0.3) is 0 Å². The summed E-state index contributed by atoms with van der Waals surface area (Å²) in [5.74, 6) is 2.29. The molecule has 0 spiro atoms. The first-order valence-electron chi connectivity index (χ1n) is 9.64. The van der Waals surface area contributed by atoms with Gasteiger partial charge in [-0.05, 0) is 36.8 Å². The third-order valence-corrected chi connectivity index (χ3v) is 4.94. The molecule has 148 valence electrons. The van der Waals surface area contributed by atoms with Gasteiger partial charge in [0.15, 0.2) is 11.5 Å². The number of ether oxygens (including phenoxy) is 3. The van der Waals surface area contributed by atoms with E-state index in [1.54, 1.807) is 7.11 Å². The van der Waals surface area contributed by atoms with Crippen molar-refractivity contribution in [2.24, 2.45) is 0 Å². The summed E-state index contributed by atoms with van der Waals surface area (Å²) in [4.78, 5) is 13.2. The number of rotatable bonds is 6. The van der Waals surface area contributed by atoms with Crippen molar-refractivity contribution < 1.29 is 19.0 Å². The summed E-state index contributed by atoms with van der Waals surface area (Å²) in [5.41, 5.74) is 2.67. The maximum atomic E-state index is 13.2. The fraction of sp³-hybridized carbons (Fsp3) is 0.208. The van der Waals surface area contributed by atoms with Gasteiger partial charge in [0.1, 0.15) is 11.5 Å². The normalized spacial score (nSPS) is 12.3. The second-order valence-electron chi connectivity index (χ2n) is 6.75. The molecule has 1 aliphatic rings. The second-order valence-corrected chi connectivity index (χ2v) is 6.75. The molecule has 0 aliphatic carbocycles. The topological polar surface area (TPSA) is 56.8 Å². The highest BCUT2D eigenvalue weighted by atomic mass is 16.5. The molecule has 1 aliphatic heterocycles. The van der Waals surface area contributed by atoms with Crippen LogP contribution in [0.15, 0.2) is 66.7 Å². The molecule has 0 atom stereocenters. The first-order valence-corrected chi connectivity index (χ1v) is 9.64. The van der Waals surface area contributed by atoms with Crippen molar-refractivity contribution in [1.82, 2.24) is 5.32 Å². The molecule has 1 N–H and O–H groups in total. The highest BCUT2D eigenvalue weighted by Gasteiger charge is 2.32. The van der Waals surface area contributed by atoms with Gasteiger partial charge in [0.25, 0.3) is 0 Å². The van der Waals surface area contributed by atoms with E-state index in [9.17, 15) is 4.79 Å². The van der Waals surface area contributed by atoms with E-state index < -0.39 is 5.92 Å². The zero-order chi connectivity index (χ0) is 20.2. The Balaban J connectivity index is 1.57. The Kier molecular flexibility index (Phi) is 5.38. The number of benzene rings is 3. The fourth-order valence-corrected chi connectivity index (χ4v) is 3.58. The Morgan fingerprint density at radius 2 is 1.62 bits per heavy atom. The van der Waals surface area contributed by atoms with Crippen molar-refractivity contribution in [2.45, 2.75) is 19.4 Å². The van der Waals surface area contributed by atoms with Crippen molar-refractivity contribution in [1.29, 1.82) is 0 Å². The van der Waals surface area contributed by atoms with Crippen LogP contribution in [-0.2, 0) is 11.3 Å². The standard InChI is InChI=1S/C24H23NO4/c1-3-28-21-13-12-16(14-22(21)27-2)15-25-24(26)23-17-8-4-6-10-19(17)29-20-11-7-5-9-18(20)23/h4-14,23H,3,15H2,1-2H3,(H,25,26). The van der Waals surface area contributed by atoms with Crippen molar-refractivity contribution in [3.8, 4) is 23.0 Å². The van der Waals surface area contributed by atoms with Crippen LogP contribution in [0.1, 0.15) is 29.5 Å². The highest BCUT2D eigenvalue weighted by molar-refractivity contribution is 5.89. The molecule has 0 fully saturated rings. The number of para-hydroxylation sites is 2. The lowest BCUT2D eigenvalue weighted by molar-refractivity contribution is -0.122. The summed E-state index contributed by atoms with van der Waals surface area (Å²) in [7, 11) is 1.61. The van der Waals surface area contributed by atoms with Gasteiger partial charge < -0.3 is 19.5 Å². The molecule has 0 bridgehead atoms. The van der Waals surface area contributed by atoms with Crippen LogP contribution in [-0.4, -0.2) is 19.6 Å². The minimum Gasteiger partial charge on any atom is -0.493 e. The Labute approximate surface area is 170 Å². The van der Waals surface area contributed by atoms with Gasteiger partial charge >= 0.3 is 0 Å². The minimum absolute atomic E-state index is 0.0685. The zero-order valence-electron chi connectivity index (χ0n) is 16.5. The third-order valence-electron chi connectivity index (χ3n) is 4.94. The van der Waals surface area contributed by atoms with E-state index in [2.05, 4.69) is 5.32 Å². The number of carbonyl (C=O) groups excluding carboxylic acids is 1. The van der Waals surface area contributed by atoms with Gasteiger partial charge in [-0.25, -0.2) is 0 Å². The smallest absolute Gasteiger partial charge is 0.232 e. The molecule has 0 radical (unpaired) electrons. The third kappa shape index (κ3) is 3.76. The molecule has 0 unspecified atom stereocenters. The van der Waals surface area contributed by atoms with Crippen molar-refractivity contribution in [3.05, 3.63) is 83.4 Å². The Morgan fingerprint density at radius 3 is 2.24 bits per heavy atom. The molecule has 0 saturated heterocycles. The number of hydrogen-bond acceptors (Lipinski definition) is 4. The molecule has 4 rings (SSSR count). The molecule has 1 heterocycles. The number of hydrogen-bond donors (Lipinski definition) is 1. The summed E-state index contributed by atoms with van der Waals surface area (Å²) >= 11 is 0. The average Bonchev–Trinajstić information content (AvgIpc) is 2.76. The molecular formula is C24H23NO4. The molecule has 5 nitrogen and oxygen atoms in total. The average molecular weight is 389 g/mol. The molecule has 3 aromatic rings.